The number of aliphatic hydroxyl groups excluding tert-OH is 1. The summed E-state index contributed by atoms with van der Waals surface area (Å²) < 4.78 is 24.2. The molecule has 0 unspecified atom stereocenters. The predicted molar refractivity (Wildman–Crippen MR) is 73.6 cm³/mol. The molecule has 5 heteroatoms. The summed E-state index contributed by atoms with van der Waals surface area (Å²) >= 11 is 0. The summed E-state index contributed by atoms with van der Waals surface area (Å²) in [6.45, 7) is 6.18. The molecule has 0 amide bonds. The highest BCUT2D eigenvalue weighted by Gasteiger charge is 2.20. The molecule has 0 heterocycles. The van der Waals surface area contributed by atoms with Crippen molar-refractivity contribution in [3.63, 3.8) is 0 Å². The molecule has 0 bridgehead atoms. The van der Waals surface area contributed by atoms with E-state index in [2.05, 4.69) is 6.58 Å². The first-order valence-electron chi connectivity index (χ1n) is 5.62. The minimum absolute atomic E-state index is 0.0282. The van der Waals surface area contributed by atoms with Gasteiger partial charge in [-0.25, -0.2) is 8.42 Å². The fourth-order valence-electron chi connectivity index (χ4n) is 1.77. The molecule has 0 atom stereocenters. The van der Waals surface area contributed by atoms with E-state index in [0.717, 1.165) is 0 Å². The molecule has 0 aliphatic carbocycles. The molecule has 1 aromatic carbocycles. The summed E-state index contributed by atoms with van der Waals surface area (Å²) in [6, 6.07) is 7.91. The normalized spacial score (nSPS) is 12.7. The number of carbonyl (C=O) groups excluding carboxylic acids is 1. The fourth-order valence-corrected chi connectivity index (χ4v) is 3.11. The Morgan fingerprint density at radius 3 is 2.16 bits per heavy atom. The van der Waals surface area contributed by atoms with Gasteiger partial charge in [0.1, 0.15) is 5.76 Å². The highest BCUT2D eigenvalue weighted by molar-refractivity contribution is 7.91. The van der Waals surface area contributed by atoms with Crippen LogP contribution in [-0.4, -0.2) is 25.1 Å². The Morgan fingerprint density at radius 1 is 1.21 bits per heavy atom. The van der Waals surface area contributed by atoms with Crippen molar-refractivity contribution in [3.05, 3.63) is 53.8 Å². The van der Waals surface area contributed by atoms with Crippen LogP contribution in [0.4, 0.5) is 0 Å². The molecule has 4 nitrogen and oxygen atoms in total. The van der Waals surface area contributed by atoms with Crippen molar-refractivity contribution in [1.29, 1.82) is 0 Å². The molecule has 1 rings (SSSR count). The first kappa shape index (κ1) is 15.2. The van der Waals surface area contributed by atoms with Gasteiger partial charge in [-0.05, 0) is 31.6 Å². The smallest absolute Gasteiger partial charge is 0.182 e. The van der Waals surface area contributed by atoms with E-state index in [9.17, 15) is 18.3 Å². The Kier molecular flexibility index (Phi) is 4.67. The second kappa shape index (κ2) is 5.84. The van der Waals surface area contributed by atoms with Crippen molar-refractivity contribution in [2.75, 3.05) is 5.75 Å². The Morgan fingerprint density at radius 2 is 1.74 bits per heavy atom. The van der Waals surface area contributed by atoms with Crippen molar-refractivity contribution in [1.82, 2.24) is 0 Å². The average molecular weight is 280 g/mol. The topological polar surface area (TPSA) is 71.4 Å². The van der Waals surface area contributed by atoms with Gasteiger partial charge in [0.2, 0.25) is 0 Å². The molecule has 0 aromatic heterocycles. The zero-order valence-corrected chi connectivity index (χ0v) is 11.7. The third-order valence-electron chi connectivity index (χ3n) is 2.53. The number of Topliss-reactive ketones (excluding diaryl/α,β-unsaturated/α-hetero) is 1. The molecule has 102 valence electrons. The van der Waals surface area contributed by atoms with Gasteiger partial charge in [-0.3, -0.25) is 4.79 Å². The number of benzene rings is 1. The van der Waals surface area contributed by atoms with Crippen LogP contribution in [0.3, 0.4) is 0 Å². The van der Waals surface area contributed by atoms with E-state index in [-0.39, 0.29) is 21.8 Å². The van der Waals surface area contributed by atoms with Gasteiger partial charge in [0, 0.05) is 0 Å². The Bertz CT molecular complexity index is 621. The van der Waals surface area contributed by atoms with Gasteiger partial charge in [0.15, 0.2) is 15.6 Å². The van der Waals surface area contributed by atoms with E-state index in [0.29, 0.717) is 0 Å². The van der Waals surface area contributed by atoms with Crippen LogP contribution in [0, 0.1) is 0 Å². The Balaban J connectivity index is 3.07. The number of hydrogen-bond acceptors (Lipinski definition) is 4. The summed E-state index contributed by atoms with van der Waals surface area (Å²) in [5.41, 5.74) is 0.0656. The average Bonchev–Trinajstić information content (AvgIpc) is 2.28. The highest BCUT2D eigenvalue weighted by Crippen LogP contribution is 2.19. The van der Waals surface area contributed by atoms with Crippen molar-refractivity contribution in [3.8, 4) is 0 Å². The number of ketones is 1. The van der Waals surface area contributed by atoms with E-state index >= 15 is 0 Å². The van der Waals surface area contributed by atoms with Gasteiger partial charge >= 0.3 is 0 Å². The van der Waals surface area contributed by atoms with Crippen LogP contribution in [0.5, 0.6) is 0 Å². The van der Waals surface area contributed by atoms with Crippen LogP contribution in [0.15, 0.2) is 58.7 Å². The number of hydrogen-bond donors (Lipinski definition) is 1. The van der Waals surface area contributed by atoms with Gasteiger partial charge < -0.3 is 5.11 Å². The number of sulfone groups is 1. The number of allylic oxidation sites excluding steroid dienone is 2. The van der Waals surface area contributed by atoms with Crippen LogP contribution in [0.2, 0.25) is 0 Å². The van der Waals surface area contributed by atoms with E-state index in [1.807, 2.05) is 0 Å². The molecule has 0 saturated carbocycles. The van der Waals surface area contributed by atoms with Crippen LogP contribution in [0.25, 0.3) is 0 Å². The van der Waals surface area contributed by atoms with Crippen molar-refractivity contribution < 1.29 is 18.3 Å². The molecular weight excluding hydrogens is 264 g/mol. The third-order valence-corrected chi connectivity index (χ3v) is 4.25. The maximum atomic E-state index is 12.1. The Hall–Kier alpha value is -1.88. The molecule has 0 aliphatic heterocycles. The Labute approximate surface area is 113 Å². The number of rotatable bonds is 5. The highest BCUT2D eigenvalue weighted by atomic mass is 32.2. The predicted octanol–water partition coefficient (Wildman–Crippen LogP) is 2.44. The van der Waals surface area contributed by atoms with Crippen LogP contribution in [-0.2, 0) is 14.6 Å². The van der Waals surface area contributed by atoms with Crippen LogP contribution < -0.4 is 0 Å². The summed E-state index contributed by atoms with van der Waals surface area (Å²) in [7, 11) is -3.57. The molecule has 0 radical (unpaired) electrons. The van der Waals surface area contributed by atoms with Crippen molar-refractivity contribution in [2.45, 2.75) is 18.7 Å². The molecule has 0 aliphatic rings. The lowest BCUT2D eigenvalue weighted by molar-refractivity contribution is -0.113. The van der Waals surface area contributed by atoms with Gasteiger partial charge in [-0.2, -0.15) is 0 Å². The second-order valence-corrected chi connectivity index (χ2v) is 6.18. The third kappa shape index (κ3) is 3.79. The van der Waals surface area contributed by atoms with E-state index < -0.39 is 21.4 Å². The molecule has 1 aromatic rings. The van der Waals surface area contributed by atoms with Crippen molar-refractivity contribution >= 4 is 15.6 Å². The monoisotopic (exact) mass is 280 g/mol. The van der Waals surface area contributed by atoms with E-state index in [4.69, 9.17) is 0 Å². The first-order valence-corrected chi connectivity index (χ1v) is 7.27. The maximum Gasteiger partial charge on any atom is 0.182 e. The second-order valence-electron chi connectivity index (χ2n) is 4.19. The molecule has 0 spiro atoms. The van der Waals surface area contributed by atoms with Crippen LogP contribution >= 0.6 is 0 Å². The van der Waals surface area contributed by atoms with Gasteiger partial charge in [-0.1, -0.05) is 24.8 Å². The van der Waals surface area contributed by atoms with E-state index in [1.54, 1.807) is 18.2 Å². The van der Waals surface area contributed by atoms with Crippen LogP contribution in [0.1, 0.15) is 13.8 Å². The quantitative estimate of drug-likeness (QED) is 0.511. The summed E-state index contributed by atoms with van der Waals surface area (Å²) in [5.74, 6) is -1.03. The maximum absolute atomic E-state index is 12.1. The van der Waals surface area contributed by atoms with Gasteiger partial charge in [-0.15, -0.1) is 0 Å². The zero-order valence-electron chi connectivity index (χ0n) is 10.9. The van der Waals surface area contributed by atoms with Gasteiger partial charge in [0.05, 0.1) is 16.2 Å². The SMILES string of the molecule is C=C(CS(=O)(=O)c1ccccc1)/C(C(C)=O)=C(\C)O. The minimum atomic E-state index is -3.57. The summed E-state index contributed by atoms with van der Waals surface area (Å²) in [5, 5.41) is 9.42. The number of aliphatic hydroxyl groups is 1. The van der Waals surface area contributed by atoms with Gasteiger partial charge in [0.25, 0.3) is 0 Å². The fraction of sp³-hybridized carbons (Fsp3) is 0.214. The van der Waals surface area contributed by atoms with E-state index in [1.165, 1.54) is 26.0 Å². The summed E-state index contributed by atoms with van der Waals surface area (Å²) in [6.07, 6.45) is 0. The lowest BCUT2D eigenvalue weighted by atomic mass is 10.0. The number of carbonyl (C=O) groups is 1. The molecular formula is C14H16O4S. The zero-order chi connectivity index (χ0) is 14.6. The van der Waals surface area contributed by atoms with Crippen molar-refractivity contribution in [2.24, 2.45) is 0 Å². The summed E-state index contributed by atoms with van der Waals surface area (Å²) in [4.78, 5) is 11.5. The molecule has 19 heavy (non-hydrogen) atoms. The first-order chi connectivity index (χ1) is 8.75. The minimum Gasteiger partial charge on any atom is -0.512 e. The largest absolute Gasteiger partial charge is 0.512 e. The molecule has 1 N–H and O–H groups in total. The lowest BCUT2D eigenvalue weighted by Crippen LogP contribution is -2.13. The molecule has 0 saturated heterocycles. The molecule has 0 fully saturated rings. The standard InChI is InChI=1S/C14H16O4S/c1-10(14(11(2)15)12(3)16)9-19(17,18)13-7-5-4-6-8-13/h4-8,15H,1,9H2,2-3H3/b14-11-. The lowest BCUT2D eigenvalue weighted by Gasteiger charge is -2.10.